The highest BCUT2D eigenvalue weighted by atomic mass is 16.5. The number of rotatable bonds is 5. The van der Waals surface area contributed by atoms with Crippen molar-refractivity contribution in [1.29, 1.82) is 0 Å². The second-order valence-corrected chi connectivity index (χ2v) is 12.7. The van der Waals surface area contributed by atoms with E-state index in [1.807, 2.05) is 0 Å². The fourth-order valence-corrected chi connectivity index (χ4v) is 7.75. The highest BCUT2D eigenvalue weighted by Gasteiger charge is 2.50. The summed E-state index contributed by atoms with van der Waals surface area (Å²) in [6.07, 6.45) is 9.16. The molecule has 1 aromatic heterocycles. The van der Waals surface area contributed by atoms with E-state index in [1.54, 1.807) is 30.5 Å². The number of fused-ring (bicyclic) bond motifs is 4. The summed E-state index contributed by atoms with van der Waals surface area (Å²) in [5, 5.41) is 8.40. The SMILES string of the molecule is CC(C)c1c(OCc2cn(C3=CC(=O)c4ccccc4C3=O)nn2)ccc2c1CC[C@H]1C(C)(C)CCC[C@]21C. The van der Waals surface area contributed by atoms with E-state index < -0.39 is 0 Å². The van der Waals surface area contributed by atoms with Gasteiger partial charge in [0.2, 0.25) is 5.78 Å². The van der Waals surface area contributed by atoms with Crippen molar-refractivity contribution in [1.82, 2.24) is 15.0 Å². The number of allylic oxidation sites excluding steroid dienone is 2. The van der Waals surface area contributed by atoms with E-state index in [9.17, 15) is 9.59 Å². The van der Waals surface area contributed by atoms with Crippen molar-refractivity contribution in [3.8, 4) is 5.75 Å². The third-order valence-corrected chi connectivity index (χ3v) is 9.52. The summed E-state index contributed by atoms with van der Waals surface area (Å²) in [5.74, 6) is 1.48. The molecule has 0 bridgehead atoms. The van der Waals surface area contributed by atoms with Gasteiger partial charge >= 0.3 is 0 Å². The Labute approximate surface area is 230 Å². The van der Waals surface area contributed by atoms with Crippen molar-refractivity contribution < 1.29 is 14.3 Å². The number of carbonyl (C=O) groups excluding carboxylic acids is 2. The van der Waals surface area contributed by atoms with Gasteiger partial charge < -0.3 is 4.74 Å². The largest absolute Gasteiger partial charge is 0.487 e. The minimum absolute atomic E-state index is 0.201. The van der Waals surface area contributed by atoms with Crippen LogP contribution in [0, 0.1) is 11.3 Å². The van der Waals surface area contributed by atoms with Crippen LogP contribution in [0.5, 0.6) is 5.75 Å². The number of nitrogens with zero attached hydrogens (tertiary/aromatic N) is 3. The molecule has 1 saturated carbocycles. The minimum Gasteiger partial charge on any atom is -0.487 e. The molecule has 0 aliphatic heterocycles. The fraction of sp³-hybridized carbons (Fsp3) is 0.455. The average molecular weight is 524 g/mol. The lowest BCUT2D eigenvalue weighted by atomic mass is 9.50. The third kappa shape index (κ3) is 4.16. The molecule has 1 fully saturated rings. The van der Waals surface area contributed by atoms with Crippen LogP contribution >= 0.6 is 0 Å². The van der Waals surface area contributed by atoms with Crippen molar-refractivity contribution in [3.63, 3.8) is 0 Å². The normalized spacial score (nSPS) is 23.6. The Bertz CT molecular complexity index is 1510. The summed E-state index contributed by atoms with van der Waals surface area (Å²) in [5.41, 5.74) is 6.47. The van der Waals surface area contributed by atoms with E-state index in [1.165, 1.54) is 53.1 Å². The van der Waals surface area contributed by atoms with E-state index in [0.29, 0.717) is 34.1 Å². The maximum absolute atomic E-state index is 13.0. The van der Waals surface area contributed by atoms with Gasteiger partial charge in [-0.2, -0.15) is 0 Å². The van der Waals surface area contributed by atoms with Gasteiger partial charge in [-0.3, -0.25) is 9.59 Å². The summed E-state index contributed by atoms with van der Waals surface area (Å²) in [6.45, 7) is 12.1. The van der Waals surface area contributed by atoms with E-state index in [2.05, 4.69) is 57.1 Å². The highest BCUT2D eigenvalue weighted by molar-refractivity contribution is 6.35. The fourth-order valence-electron chi connectivity index (χ4n) is 7.75. The zero-order chi connectivity index (χ0) is 27.5. The van der Waals surface area contributed by atoms with E-state index >= 15 is 0 Å². The van der Waals surface area contributed by atoms with Crippen molar-refractivity contribution in [3.05, 3.63) is 82.2 Å². The quantitative estimate of drug-likeness (QED) is 0.362. The lowest BCUT2D eigenvalue weighted by Gasteiger charge is -2.54. The van der Waals surface area contributed by atoms with Crippen molar-refractivity contribution >= 4 is 17.3 Å². The number of hydrogen-bond donors (Lipinski definition) is 0. The van der Waals surface area contributed by atoms with Crippen molar-refractivity contribution in [2.45, 2.75) is 84.7 Å². The predicted molar refractivity (Wildman–Crippen MR) is 151 cm³/mol. The first-order valence-electron chi connectivity index (χ1n) is 14.2. The van der Waals surface area contributed by atoms with Gasteiger partial charge in [0.25, 0.3) is 0 Å². The molecule has 0 unspecified atom stereocenters. The zero-order valence-corrected chi connectivity index (χ0v) is 23.6. The average Bonchev–Trinajstić information content (AvgIpc) is 3.37. The standard InChI is InChI=1S/C33H37N3O3/c1-20(2)30-24-11-14-29-32(3,4)15-8-16-33(29,5)25(24)12-13-28(30)39-19-21-18-36(35-34-21)26-17-27(37)22-9-6-7-10-23(22)31(26)38/h6-7,9-10,12-13,17-18,20,29H,8,11,14-16,19H2,1-5H3/t29-,33+/m0/s1. The predicted octanol–water partition coefficient (Wildman–Crippen LogP) is 6.93. The highest BCUT2D eigenvalue weighted by Crippen LogP contribution is 2.58. The Balaban J connectivity index is 1.26. The molecule has 0 saturated heterocycles. The molecule has 2 atom stereocenters. The van der Waals surface area contributed by atoms with Crippen molar-refractivity contribution in [2.24, 2.45) is 11.3 Å². The summed E-state index contributed by atoms with van der Waals surface area (Å²) >= 11 is 0. The second-order valence-electron chi connectivity index (χ2n) is 12.7. The molecule has 6 heteroatoms. The minimum atomic E-state index is -0.239. The summed E-state index contributed by atoms with van der Waals surface area (Å²) < 4.78 is 7.76. The van der Waals surface area contributed by atoms with Gasteiger partial charge in [-0.05, 0) is 65.5 Å². The first-order valence-corrected chi connectivity index (χ1v) is 14.2. The van der Waals surface area contributed by atoms with Crippen LogP contribution in [-0.4, -0.2) is 26.6 Å². The van der Waals surface area contributed by atoms with Gasteiger partial charge in [0.1, 0.15) is 23.7 Å². The van der Waals surface area contributed by atoms with Crippen LogP contribution in [0.4, 0.5) is 0 Å². The van der Waals surface area contributed by atoms with Crippen LogP contribution in [0.2, 0.25) is 0 Å². The van der Waals surface area contributed by atoms with Gasteiger partial charge in [-0.15, -0.1) is 5.10 Å². The molecular weight excluding hydrogens is 486 g/mol. The molecule has 1 heterocycles. The molecular formula is C33H37N3O3. The Morgan fingerprint density at radius 3 is 2.59 bits per heavy atom. The maximum Gasteiger partial charge on any atom is 0.212 e. The first-order chi connectivity index (χ1) is 18.6. The van der Waals surface area contributed by atoms with Crippen LogP contribution in [0.1, 0.15) is 109 Å². The smallest absolute Gasteiger partial charge is 0.212 e. The lowest BCUT2D eigenvalue weighted by Crippen LogP contribution is -2.48. The summed E-state index contributed by atoms with van der Waals surface area (Å²) in [6, 6.07) is 11.3. The third-order valence-electron chi connectivity index (χ3n) is 9.52. The molecule has 2 aromatic carbocycles. The monoisotopic (exact) mass is 523 g/mol. The topological polar surface area (TPSA) is 74.1 Å². The van der Waals surface area contributed by atoms with Crippen LogP contribution in [0.15, 0.2) is 48.7 Å². The van der Waals surface area contributed by atoms with E-state index in [0.717, 1.165) is 12.2 Å². The molecule has 3 aliphatic carbocycles. The van der Waals surface area contributed by atoms with Crippen LogP contribution < -0.4 is 4.74 Å². The summed E-state index contributed by atoms with van der Waals surface area (Å²) in [4.78, 5) is 25.6. The molecule has 39 heavy (non-hydrogen) atoms. The van der Waals surface area contributed by atoms with Gasteiger partial charge in [0.05, 0.1) is 6.20 Å². The lowest BCUT2D eigenvalue weighted by molar-refractivity contribution is 0.0404. The number of benzene rings is 2. The van der Waals surface area contributed by atoms with Crippen LogP contribution in [-0.2, 0) is 18.4 Å². The van der Waals surface area contributed by atoms with E-state index in [-0.39, 0.29) is 29.3 Å². The number of ether oxygens (including phenoxy) is 1. The Morgan fingerprint density at radius 1 is 1.05 bits per heavy atom. The molecule has 6 nitrogen and oxygen atoms in total. The van der Waals surface area contributed by atoms with Gasteiger partial charge in [0, 0.05) is 22.8 Å². The van der Waals surface area contributed by atoms with Gasteiger partial charge in [-0.1, -0.05) is 76.6 Å². The van der Waals surface area contributed by atoms with Crippen LogP contribution in [0.25, 0.3) is 5.70 Å². The van der Waals surface area contributed by atoms with Crippen molar-refractivity contribution in [2.75, 3.05) is 0 Å². The summed E-state index contributed by atoms with van der Waals surface area (Å²) in [7, 11) is 0. The number of aromatic nitrogens is 3. The second kappa shape index (κ2) is 9.29. The van der Waals surface area contributed by atoms with Gasteiger partial charge in [0.15, 0.2) is 5.78 Å². The first kappa shape index (κ1) is 25.7. The molecule has 3 aliphatic rings. The molecule has 202 valence electrons. The van der Waals surface area contributed by atoms with E-state index in [4.69, 9.17) is 4.74 Å². The number of hydrogen-bond acceptors (Lipinski definition) is 5. The molecule has 0 amide bonds. The molecule has 6 rings (SSSR count). The number of Topliss-reactive ketones (excluding diaryl/α,β-unsaturated/α-hetero) is 1. The molecule has 3 aromatic rings. The Kier molecular flexibility index (Phi) is 6.12. The Hall–Kier alpha value is -3.54. The maximum atomic E-state index is 13.0. The number of carbonyl (C=O) groups is 2. The Morgan fingerprint density at radius 2 is 1.82 bits per heavy atom. The number of ketones is 2. The molecule has 0 spiro atoms. The zero-order valence-electron chi connectivity index (χ0n) is 23.6. The molecule has 0 radical (unpaired) electrons. The van der Waals surface area contributed by atoms with Crippen LogP contribution in [0.3, 0.4) is 0 Å². The molecule has 0 N–H and O–H groups in total. The van der Waals surface area contributed by atoms with Gasteiger partial charge in [-0.25, -0.2) is 4.68 Å².